The van der Waals surface area contributed by atoms with Crippen LogP contribution in [0, 0.1) is 5.41 Å². The van der Waals surface area contributed by atoms with Gasteiger partial charge in [-0.05, 0) is 17.5 Å². The minimum absolute atomic E-state index is 0.0549. The van der Waals surface area contributed by atoms with Gasteiger partial charge in [-0.2, -0.15) is 0 Å². The molecule has 0 bridgehead atoms. The summed E-state index contributed by atoms with van der Waals surface area (Å²) >= 11 is 0. The van der Waals surface area contributed by atoms with Gasteiger partial charge in [0.2, 0.25) is 6.10 Å². The molecular weight excluding hydrogens is 274 g/mol. The number of ether oxygens (including phenoxy) is 2. The number of hydrogen-bond acceptors (Lipinski definition) is 4. The van der Waals surface area contributed by atoms with Crippen LogP contribution < -0.4 is 14.8 Å². The Balaban J connectivity index is 2.06. The van der Waals surface area contributed by atoms with Gasteiger partial charge in [0.15, 0.2) is 11.5 Å². The van der Waals surface area contributed by atoms with Crippen molar-refractivity contribution >= 4 is 11.9 Å². The van der Waals surface area contributed by atoms with Crippen LogP contribution >= 0.6 is 0 Å². The quantitative estimate of drug-likeness (QED) is 0.881. The van der Waals surface area contributed by atoms with Crippen LogP contribution in [0.4, 0.5) is 0 Å². The number of carboxylic acids is 1. The number of carboxylic acid groups (broad SMARTS) is 1. The van der Waals surface area contributed by atoms with Crippen LogP contribution in [0.15, 0.2) is 24.3 Å². The van der Waals surface area contributed by atoms with Crippen LogP contribution in [0.25, 0.3) is 0 Å². The van der Waals surface area contributed by atoms with Gasteiger partial charge < -0.3 is 19.9 Å². The molecule has 114 valence electrons. The molecule has 2 atom stereocenters. The highest BCUT2D eigenvalue weighted by atomic mass is 16.6. The van der Waals surface area contributed by atoms with E-state index in [0.717, 1.165) is 0 Å². The second kappa shape index (κ2) is 5.63. The second-order valence-electron chi connectivity index (χ2n) is 6.01. The highest BCUT2D eigenvalue weighted by Crippen LogP contribution is 2.31. The van der Waals surface area contributed by atoms with Gasteiger partial charge in [-0.25, -0.2) is 4.79 Å². The average Bonchev–Trinajstić information content (AvgIpc) is 2.42. The van der Waals surface area contributed by atoms with Crippen LogP contribution in [-0.2, 0) is 9.59 Å². The monoisotopic (exact) mass is 293 g/mol. The smallest absolute Gasteiger partial charge is 0.326 e. The number of carbonyl (C=O) groups is 2. The van der Waals surface area contributed by atoms with Crippen molar-refractivity contribution in [3.8, 4) is 11.5 Å². The number of nitrogens with one attached hydrogen (secondary N) is 1. The van der Waals surface area contributed by atoms with Crippen LogP contribution in [-0.4, -0.2) is 35.7 Å². The summed E-state index contributed by atoms with van der Waals surface area (Å²) in [6.07, 6.45) is -0.857. The average molecular weight is 293 g/mol. The fourth-order valence-electron chi connectivity index (χ4n) is 2.03. The second-order valence-corrected chi connectivity index (χ2v) is 6.01. The first-order chi connectivity index (χ1) is 9.79. The highest BCUT2D eigenvalue weighted by Gasteiger charge is 2.36. The number of aliphatic carboxylic acids is 1. The van der Waals surface area contributed by atoms with E-state index in [1.807, 2.05) is 6.07 Å². The first-order valence-corrected chi connectivity index (χ1v) is 6.70. The van der Waals surface area contributed by atoms with E-state index in [2.05, 4.69) is 5.32 Å². The Morgan fingerprint density at radius 3 is 2.48 bits per heavy atom. The van der Waals surface area contributed by atoms with Gasteiger partial charge in [0, 0.05) is 0 Å². The van der Waals surface area contributed by atoms with Crippen molar-refractivity contribution < 1.29 is 24.2 Å². The summed E-state index contributed by atoms with van der Waals surface area (Å²) in [6, 6.07) is 6.04. The number of benzene rings is 1. The van der Waals surface area contributed by atoms with Crippen molar-refractivity contribution in [1.82, 2.24) is 5.32 Å². The molecule has 1 aliphatic rings. The maximum atomic E-state index is 12.2. The van der Waals surface area contributed by atoms with E-state index in [1.165, 1.54) is 0 Å². The fourth-order valence-corrected chi connectivity index (χ4v) is 2.03. The van der Waals surface area contributed by atoms with E-state index >= 15 is 0 Å². The van der Waals surface area contributed by atoms with Gasteiger partial charge in [0.1, 0.15) is 12.6 Å². The van der Waals surface area contributed by atoms with Gasteiger partial charge in [0.25, 0.3) is 5.91 Å². The van der Waals surface area contributed by atoms with Crippen molar-refractivity contribution in [3.63, 3.8) is 0 Å². The maximum Gasteiger partial charge on any atom is 0.326 e. The zero-order chi connectivity index (χ0) is 15.6. The van der Waals surface area contributed by atoms with E-state index in [1.54, 1.807) is 39.0 Å². The molecule has 2 rings (SSSR count). The van der Waals surface area contributed by atoms with Gasteiger partial charge >= 0.3 is 5.97 Å². The van der Waals surface area contributed by atoms with Crippen molar-refractivity contribution in [2.45, 2.75) is 32.9 Å². The number of amides is 1. The molecule has 1 unspecified atom stereocenters. The largest absolute Gasteiger partial charge is 0.485 e. The minimum Gasteiger partial charge on any atom is -0.485 e. The third-order valence-electron chi connectivity index (χ3n) is 3.20. The standard InChI is InChI=1S/C15H19NO5/c1-15(2,3)12(14(18)19)16-13(17)11-8-20-9-6-4-5-7-10(9)21-11/h4-7,11-12H,8H2,1-3H3,(H,16,17)(H,18,19)/t11?,12-/m1/s1. The van der Waals surface area contributed by atoms with E-state index in [4.69, 9.17) is 9.47 Å². The molecule has 1 heterocycles. The Morgan fingerprint density at radius 1 is 1.29 bits per heavy atom. The molecule has 0 radical (unpaired) electrons. The maximum absolute atomic E-state index is 12.2. The molecule has 21 heavy (non-hydrogen) atoms. The van der Waals surface area contributed by atoms with E-state index in [0.29, 0.717) is 11.5 Å². The van der Waals surface area contributed by atoms with Crippen molar-refractivity contribution in [2.24, 2.45) is 5.41 Å². The Labute approximate surface area is 123 Å². The molecule has 1 aromatic rings. The third-order valence-corrected chi connectivity index (χ3v) is 3.20. The van der Waals surface area contributed by atoms with Gasteiger partial charge in [-0.3, -0.25) is 4.79 Å². The number of rotatable bonds is 3. The van der Waals surface area contributed by atoms with Gasteiger partial charge in [0.05, 0.1) is 0 Å². The van der Waals surface area contributed by atoms with E-state index in [9.17, 15) is 14.7 Å². The lowest BCUT2D eigenvalue weighted by atomic mass is 9.86. The summed E-state index contributed by atoms with van der Waals surface area (Å²) in [7, 11) is 0. The predicted octanol–water partition coefficient (Wildman–Crippen LogP) is 1.44. The summed E-state index contributed by atoms with van der Waals surface area (Å²) in [5.41, 5.74) is -0.602. The van der Waals surface area contributed by atoms with E-state index in [-0.39, 0.29) is 6.61 Å². The molecule has 6 nitrogen and oxygen atoms in total. The molecule has 1 aromatic carbocycles. The molecule has 6 heteroatoms. The fraction of sp³-hybridized carbons (Fsp3) is 0.467. The molecular formula is C15H19NO5. The van der Waals surface area contributed by atoms with Gasteiger partial charge in [-0.15, -0.1) is 0 Å². The van der Waals surface area contributed by atoms with Crippen LogP contribution in [0.3, 0.4) is 0 Å². The molecule has 0 aromatic heterocycles. The SMILES string of the molecule is CC(C)(C)[C@H](NC(=O)C1COc2ccccc2O1)C(=O)O. The Bertz CT molecular complexity index is 549. The summed E-state index contributed by atoms with van der Waals surface area (Å²) < 4.78 is 11.0. The van der Waals surface area contributed by atoms with Crippen LogP contribution in [0.1, 0.15) is 20.8 Å². The normalized spacial score (nSPS) is 18.7. The zero-order valence-electron chi connectivity index (χ0n) is 12.3. The van der Waals surface area contributed by atoms with Crippen molar-refractivity contribution in [1.29, 1.82) is 0 Å². The molecule has 0 saturated carbocycles. The number of fused-ring (bicyclic) bond motifs is 1. The lowest BCUT2D eigenvalue weighted by Gasteiger charge is -2.31. The lowest BCUT2D eigenvalue weighted by Crippen LogP contribution is -2.54. The van der Waals surface area contributed by atoms with Crippen molar-refractivity contribution in [3.05, 3.63) is 24.3 Å². The molecule has 0 fully saturated rings. The summed E-state index contributed by atoms with van der Waals surface area (Å²) in [4.78, 5) is 23.5. The van der Waals surface area contributed by atoms with Gasteiger partial charge in [-0.1, -0.05) is 32.9 Å². The van der Waals surface area contributed by atoms with Crippen molar-refractivity contribution in [2.75, 3.05) is 6.61 Å². The molecule has 0 saturated heterocycles. The van der Waals surface area contributed by atoms with Crippen LogP contribution in [0.2, 0.25) is 0 Å². The Hall–Kier alpha value is -2.24. The Morgan fingerprint density at radius 2 is 1.90 bits per heavy atom. The minimum atomic E-state index is -1.08. The summed E-state index contributed by atoms with van der Waals surface area (Å²) in [6.45, 7) is 5.30. The number of carbonyl (C=O) groups excluding carboxylic acids is 1. The number of para-hydroxylation sites is 2. The Kier molecular flexibility index (Phi) is 4.06. The first-order valence-electron chi connectivity index (χ1n) is 6.70. The molecule has 0 spiro atoms. The topological polar surface area (TPSA) is 84.9 Å². The zero-order valence-corrected chi connectivity index (χ0v) is 12.3. The highest BCUT2D eigenvalue weighted by molar-refractivity contribution is 5.87. The molecule has 1 amide bonds. The van der Waals surface area contributed by atoms with E-state index < -0.39 is 29.4 Å². The van der Waals surface area contributed by atoms with Crippen LogP contribution in [0.5, 0.6) is 11.5 Å². The first kappa shape index (κ1) is 15.2. The predicted molar refractivity (Wildman–Crippen MR) is 75.4 cm³/mol. The molecule has 2 N–H and O–H groups in total. The summed E-state index contributed by atoms with van der Waals surface area (Å²) in [5, 5.41) is 11.7. The third kappa shape index (κ3) is 3.45. The summed E-state index contributed by atoms with van der Waals surface area (Å²) in [5.74, 6) is -0.515. The molecule has 1 aliphatic heterocycles. The number of hydrogen-bond donors (Lipinski definition) is 2. The lowest BCUT2D eigenvalue weighted by molar-refractivity contribution is -0.146. The molecule has 0 aliphatic carbocycles.